The van der Waals surface area contributed by atoms with E-state index in [0.29, 0.717) is 37.6 Å². The largest absolute Gasteiger partial charge is 0.378 e. The highest BCUT2D eigenvalue weighted by Gasteiger charge is 2.32. The highest BCUT2D eigenvalue weighted by molar-refractivity contribution is 6.31. The Morgan fingerprint density at radius 2 is 1.81 bits per heavy atom. The molecule has 2 amide bonds. The zero-order chi connectivity index (χ0) is 19.4. The van der Waals surface area contributed by atoms with E-state index in [1.807, 2.05) is 0 Å². The Kier molecular flexibility index (Phi) is 6.08. The Labute approximate surface area is 162 Å². The molecule has 1 fully saturated rings. The number of carbonyl (C=O) groups excluding carboxylic acids is 2. The molecule has 0 radical (unpaired) electrons. The van der Waals surface area contributed by atoms with Crippen LogP contribution in [0.1, 0.15) is 17.3 Å². The van der Waals surface area contributed by atoms with E-state index in [-0.39, 0.29) is 16.8 Å². The zero-order valence-electron chi connectivity index (χ0n) is 14.9. The quantitative estimate of drug-likeness (QED) is 0.804. The normalized spacial score (nSPS) is 15.3. The molecule has 1 aliphatic heterocycles. The van der Waals surface area contributed by atoms with Gasteiger partial charge in [0.1, 0.15) is 11.9 Å². The second-order valence-corrected chi connectivity index (χ2v) is 6.66. The molecular formula is C20H20ClFN2O3. The third kappa shape index (κ3) is 4.28. The van der Waals surface area contributed by atoms with E-state index in [0.717, 1.165) is 0 Å². The van der Waals surface area contributed by atoms with Crippen LogP contribution in [0.3, 0.4) is 0 Å². The maximum atomic E-state index is 13.6. The zero-order valence-corrected chi connectivity index (χ0v) is 15.7. The number of nitrogens with zero attached hydrogens (tertiary/aromatic N) is 2. The number of rotatable bonds is 4. The Hall–Kier alpha value is -2.44. The lowest BCUT2D eigenvalue weighted by molar-refractivity contribution is -0.136. The predicted molar refractivity (Wildman–Crippen MR) is 102 cm³/mol. The van der Waals surface area contributed by atoms with Crippen molar-refractivity contribution in [1.82, 2.24) is 4.90 Å². The fourth-order valence-corrected chi connectivity index (χ4v) is 3.20. The van der Waals surface area contributed by atoms with Gasteiger partial charge in [-0.2, -0.15) is 0 Å². The van der Waals surface area contributed by atoms with E-state index >= 15 is 0 Å². The number of benzene rings is 2. The number of anilines is 1. The lowest BCUT2D eigenvalue weighted by Crippen LogP contribution is -2.52. The van der Waals surface area contributed by atoms with Crippen molar-refractivity contribution in [3.63, 3.8) is 0 Å². The fraction of sp³-hybridized carbons (Fsp3) is 0.300. The molecule has 2 aromatic carbocycles. The number of ether oxygens (including phenoxy) is 1. The van der Waals surface area contributed by atoms with Gasteiger partial charge >= 0.3 is 0 Å². The minimum Gasteiger partial charge on any atom is -0.378 e. The minimum atomic E-state index is -0.780. The van der Waals surface area contributed by atoms with E-state index < -0.39 is 11.9 Å². The molecule has 1 heterocycles. The maximum Gasteiger partial charge on any atom is 0.259 e. The summed E-state index contributed by atoms with van der Waals surface area (Å²) in [5, 5.41) is -0.107. The van der Waals surface area contributed by atoms with Gasteiger partial charge in [0.2, 0.25) is 5.91 Å². The number of carbonyl (C=O) groups is 2. The van der Waals surface area contributed by atoms with Gasteiger partial charge in [0.25, 0.3) is 5.91 Å². The van der Waals surface area contributed by atoms with Crippen LogP contribution in [0.15, 0.2) is 48.5 Å². The molecule has 5 nitrogen and oxygen atoms in total. The van der Waals surface area contributed by atoms with Gasteiger partial charge in [0.15, 0.2) is 0 Å². The molecule has 0 bridgehead atoms. The first-order valence-corrected chi connectivity index (χ1v) is 9.07. The summed E-state index contributed by atoms with van der Waals surface area (Å²) in [7, 11) is 0. The Morgan fingerprint density at radius 3 is 2.44 bits per heavy atom. The van der Waals surface area contributed by atoms with Gasteiger partial charge in [0.05, 0.1) is 18.2 Å². The summed E-state index contributed by atoms with van der Waals surface area (Å²) in [6.07, 6.45) is 0. The number of hydrogen-bond donors (Lipinski definition) is 0. The number of hydrogen-bond acceptors (Lipinski definition) is 3. The average Bonchev–Trinajstić information content (AvgIpc) is 2.71. The van der Waals surface area contributed by atoms with E-state index in [2.05, 4.69) is 0 Å². The average molecular weight is 391 g/mol. The van der Waals surface area contributed by atoms with E-state index in [1.54, 1.807) is 42.2 Å². The fourth-order valence-electron chi connectivity index (χ4n) is 3.03. The van der Waals surface area contributed by atoms with Gasteiger partial charge in [-0.25, -0.2) is 4.39 Å². The van der Waals surface area contributed by atoms with Crippen LogP contribution >= 0.6 is 11.6 Å². The lowest BCUT2D eigenvalue weighted by Gasteiger charge is -2.34. The summed E-state index contributed by atoms with van der Waals surface area (Å²) in [5.41, 5.74) is 0.795. The summed E-state index contributed by atoms with van der Waals surface area (Å²) in [4.78, 5) is 29.2. The predicted octanol–water partition coefficient (Wildman–Crippen LogP) is 3.37. The summed E-state index contributed by atoms with van der Waals surface area (Å²) in [5.74, 6) is -1.13. The monoisotopic (exact) mass is 390 g/mol. The molecule has 1 saturated heterocycles. The van der Waals surface area contributed by atoms with E-state index in [1.165, 1.54) is 23.1 Å². The van der Waals surface area contributed by atoms with E-state index in [9.17, 15) is 14.0 Å². The molecule has 0 saturated carbocycles. The first-order chi connectivity index (χ1) is 13.0. The highest BCUT2D eigenvalue weighted by atomic mass is 35.5. The van der Waals surface area contributed by atoms with Crippen LogP contribution < -0.4 is 4.90 Å². The Morgan fingerprint density at radius 1 is 1.15 bits per heavy atom. The highest BCUT2D eigenvalue weighted by Crippen LogP contribution is 2.26. The first kappa shape index (κ1) is 19.3. The van der Waals surface area contributed by atoms with Crippen LogP contribution in [0.4, 0.5) is 10.1 Å². The molecule has 0 aliphatic carbocycles. The molecule has 1 aliphatic rings. The smallest absolute Gasteiger partial charge is 0.259 e. The molecule has 27 heavy (non-hydrogen) atoms. The second-order valence-electron chi connectivity index (χ2n) is 6.25. The van der Waals surface area contributed by atoms with Gasteiger partial charge < -0.3 is 9.64 Å². The van der Waals surface area contributed by atoms with Crippen molar-refractivity contribution < 1.29 is 18.7 Å². The summed E-state index contributed by atoms with van der Waals surface area (Å²) < 4.78 is 18.9. The standard InChI is InChI=1S/C20H20ClFN2O3/c1-14(19(25)23-9-11-27-12-10-23)24(16-7-8-18(22)17(21)13-16)20(26)15-5-3-2-4-6-15/h2-8,13-14H,9-12H2,1H3/t14-/m1/s1. The lowest BCUT2D eigenvalue weighted by atomic mass is 10.1. The number of halogens is 2. The summed E-state index contributed by atoms with van der Waals surface area (Å²) in [6.45, 7) is 3.54. The van der Waals surface area contributed by atoms with Gasteiger partial charge in [-0.3, -0.25) is 14.5 Å². The molecule has 3 rings (SSSR count). The Balaban J connectivity index is 1.96. The molecular weight excluding hydrogens is 371 g/mol. The van der Waals surface area contributed by atoms with Crippen LogP contribution in [-0.4, -0.2) is 49.1 Å². The van der Waals surface area contributed by atoms with Crippen LogP contribution in [0, 0.1) is 5.82 Å². The van der Waals surface area contributed by atoms with Gasteiger partial charge in [0, 0.05) is 24.3 Å². The molecule has 0 unspecified atom stereocenters. The van der Waals surface area contributed by atoms with Gasteiger partial charge in [-0.1, -0.05) is 29.8 Å². The summed E-state index contributed by atoms with van der Waals surface area (Å²) >= 11 is 5.92. The van der Waals surface area contributed by atoms with Crippen molar-refractivity contribution in [3.05, 3.63) is 64.9 Å². The third-order valence-electron chi connectivity index (χ3n) is 4.49. The van der Waals surface area contributed by atoms with Crippen LogP contribution in [-0.2, 0) is 9.53 Å². The van der Waals surface area contributed by atoms with Crippen molar-refractivity contribution in [2.24, 2.45) is 0 Å². The summed E-state index contributed by atoms with van der Waals surface area (Å²) in [6, 6.07) is 11.9. The van der Waals surface area contributed by atoms with Crippen LogP contribution in [0.25, 0.3) is 0 Å². The number of amides is 2. The molecule has 1 atom stereocenters. The van der Waals surface area contributed by atoms with Crippen molar-refractivity contribution >= 4 is 29.1 Å². The first-order valence-electron chi connectivity index (χ1n) is 8.69. The molecule has 0 N–H and O–H groups in total. The van der Waals surface area contributed by atoms with Gasteiger partial charge in [-0.05, 0) is 37.3 Å². The van der Waals surface area contributed by atoms with Gasteiger partial charge in [-0.15, -0.1) is 0 Å². The number of morpholine rings is 1. The topological polar surface area (TPSA) is 49.9 Å². The van der Waals surface area contributed by atoms with Crippen molar-refractivity contribution in [2.45, 2.75) is 13.0 Å². The van der Waals surface area contributed by atoms with Crippen molar-refractivity contribution in [3.8, 4) is 0 Å². The molecule has 0 spiro atoms. The second kappa shape index (κ2) is 8.50. The van der Waals surface area contributed by atoms with Crippen LogP contribution in [0.2, 0.25) is 5.02 Å². The SMILES string of the molecule is C[C@H](C(=O)N1CCOCC1)N(C(=O)c1ccccc1)c1ccc(F)c(Cl)c1. The van der Waals surface area contributed by atoms with Crippen LogP contribution in [0.5, 0.6) is 0 Å². The minimum absolute atomic E-state index is 0.107. The molecule has 2 aromatic rings. The molecule has 0 aromatic heterocycles. The van der Waals surface area contributed by atoms with Crippen molar-refractivity contribution in [1.29, 1.82) is 0 Å². The maximum absolute atomic E-state index is 13.6. The van der Waals surface area contributed by atoms with E-state index in [4.69, 9.17) is 16.3 Å². The van der Waals surface area contributed by atoms with Crippen molar-refractivity contribution in [2.75, 3.05) is 31.2 Å². The molecule has 7 heteroatoms. The third-order valence-corrected chi connectivity index (χ3v) is 4.78. The Bertz CT molecular complexity index is 825. The molecule has 142 valence electrons.